The van der Waals surface area contributed by atoms with Crippen LogP contribution in [0.15, 0.2) is 23.5 Å². The minimum absolute atomic E-state index is 0.0370. The molecule has 0 aromatic carbocycles. The van der Waals surface area contributed by atoms with Crippen molar-refractivity contribution in [2.45, 2.75) is 20.4 Å². The van der Waals surface area contributed by atoms with Gasteiger partial charge in [0.1, 0.15) is 5.69 Å². The summed E-state index contributed by atoms with van der Waals surface area (Å²) in [6.45, 7) is 6.94. The zero-order valence-corrected chi connectivity index (χ0v) is 12.7. The van der Waals surface area contributed by atoms with Gasteiger partial charge in [0, 0.05) is 25.8 Å². The summed E-state index contributed by atoms with van der Waals surface area (Å²) in [5.41, 5.74) is 7.23. The summed E-state index contributed by atoms with van der Waals surface area (Å²) in [6.07, 6.45) is 1.63. The molecule has 0 saturated heterocycles. The molecule has 1 heterocycles. The number of hydrogen-bond donors (Lipinski definition) is 3. The number of hydrogen-bond acceptors (Lipinski definition) is 5. The molecular weight excluding hydrogens is 254 g/mol. The molecular formula is C14H25N5O. The van der Waals surface area contributed by atoms with E-state index in [1.54, 1.807) is 6.20 Å². The fourth-order valence-corrected chi connectivity index (χ4v) is 2.31. The molecule has 0 radical (unpaired) electrons. The Hall–Kier alpha value is -1.66. The van der Waals surface area contributed by atoms with E-state index < -0.39 is 0 Å². The molecule has 0 atom stereocenters. The van der Waals surface area contributed by atoms with Crippen LogP contribution in [0.2, 0.25) is 0 Å². The van der Waals surface area contributed by atoms with E-state index in [2.05, 4.69) is 48.3 Å². The Morgan fingerprint density at radius 3 is 2.80 bits per heavy atom. The molecule has 1 aromatic rings. The number of nitrogens with two attached hydrogens (primary N) is 1. The average Bonchev–Trinajstić information content (AvgIpc) is 2.36. The van der Waals surface area contributed by atoms with Gasteiger partial charge in [-0.15, -0.1) is 0 Å². The van der Waals surface area contributed by atoms with Crippen LogP contribution in [-0.2, 0) is 6.54 Å². The molecule has 0 amide bonds. The molecule has 0 saturated carbocycles. The van der Waals surface area contributed by atoms with E-state index >= 15 is 0 Å². The third-order valence-corrected chi connectivity index (χ3v) is 2.90. The topological polar surface area (TPSA) is 86.8 Å². The Morgan fingerprint density at radius 1 is 1.50 bits per heavy atom. The van der Waals surface area contributed by atoms with Crippen LogP contribution in [0.5, 0.6) is 0 Å². The first kappa shape index (κ1) is 16.4. The molecule has 4 N–H and O–H groups in total. The highest BCUT2D eigenvalue weighted by Crippen LogP contribution is 2.14. The Kier molecular flexibility index (Phi) is 5.91. The van der Waals surface area contributed by atoms with Gasteiger partial charge in [-0.25, -0.2) is 0 Å². The lowest BCUT2D eigenvalue weighted by atomic mass is 9.93. The Balaban J connectivity index is 2.63. The van der Waals surface area contributed by atoms with Crippen LogP contribution in [0.4, 0.5) is 0 Å². The predicted molar refractivity (Wildman–Crippen MR) is 80.8 cm³/mol. The van der Waals surface area contributed by atoms with Gasteiger partial charge in [0.15, 0.2) is 5.84 Å². The summed E-state index contributed by atoms with van der Waals surface area (Å²) in [5.74, 6) is 0.0370. The lowest BCUT2D eigenvalue weighted by Crippen LogP contribution is -2.37. The summed E-state index contributed by atoms with van der Waals surface area (Å²) in [4.78, 5) is 6.32. The number of rotatable bonds is 7. The second-order valence-electron chi connectivity index (χ2n) is 6.00. The van der Waals surface area contributed by atoms with Crippen molar-refractivity contribution in [2.24, 2.45) is 16.3 Å². The van der Waals surface area contributed by atoms with Crippen LogP contribution >= 0.6 is 0 Å². The highest BCUT2D eigenvalue weighted by molar-refractivity contribution is 5.96. The van der Waals surface area contributed by atoms with E-state index in [0.717, 1.165) is 18.7 Å². The van der Waals surface area contributed by atoms with Gasteiger partial charge in [0.2, 0.25) is 0 Å². The third-order valence-electron chi connectivity index (χ3n) is 2.90. The van der Waals surface area contributed by atoms with Gasteiger partial charge in [-0.2, -0.15) is 0 Å². The van der Waals surface area contributed by atoms with Crippen LogP contribution in [0.25, 0.3) is 0 Å². The Bertz CT molecular complexity index is 457. The molecule has 0 spiro atoms. The zero-order valence-electron chi connectivity index (χ0n) is 12.7. The highest BCUT2D eigenvalue weighted by atomic mass is 16.4. The smallest absolute Gasteiger partial charge is 0.189 e. The van der Waals surface area contributed by atoms with Gasteiger partial charge in [-0.1, -0.05) is 25.1 Å². The SMILES string of the molecule is CN(C)CC(C)(C)CNCc1cccnc1C(N)=NO. The van der Waals surface area contributed by atoms with E-state index in [4.69, 9.17) is 10.9 Å². The minimum Gasteiger partial charge on any atom is -0.409 e. The molecule has 0 aliphatic heterocycles. The third kappa shape index (κ3) is 5.14. The predicted octanol–water partition coefficient (Wildman–Crippen LogP) is 0.854. The number of amidine groups is 1. The molecule has 1 rings (SSSR count). The maximum atomic E-state index is 8.76. The molecule has 112 valence electrons. The highest BCUT2D eigenvalue weighted by Gasteiger charge is 2.18. The van der Waals surface area contributed by atoms with Crippen molar-refractivity contribution in [3.63, 3.8) is 0 Å². The fraction of sp³-hybridized carbons (Fsp3) is 0.571. The number of oxime groups is 1. The second-order valence-corrected chi connectivity index (χ2v) is 6.00. The molecule has 1 aromatic heterocycles. The van der Waals surface area contributed by atoms with Crippen LogP contribution in [-0.4, -0.2) is 48.1 Å². The van der Waals surface area contributed by atoms with Crippen molar-refractivity contribution in [1.82, 2.24) is 15.2 Å². The number of aromatic nitrogens is 1. The van der Waals surface area contributed by atoms with Crippen molar-refractivity contribution < 1.29 is 5.21 Å². The summed E-state index contributed by atoms with van der Waals surface area (Å²) in [6, 6.07) is 3.77. The van der Waals surface area contributed by atoms with E-state index in [-0.39, 0.29) is 11.3 Å². The second kappa shape index (κ2) is 7.21. The first-order valence-corrected chi connectivity index (χ1v) is 6.63. The van der Waals surface area contributed by atoms with Crippen LogP contribution in [0, 0.1) is 5.41 Å². The van der Waals surface area contributed by atoms with Gasteiger partial charge >= 0.3 is 0 Å². The van der Waals surface area contributed by atoms with E-state index in [1.165, 1.54) is 0 Å². The molecule has 0 aliphatic carbocycles. The lowest BCUT2D eigenvalue weighted by molar-refractivity contribution is 0.232. The summed E-state index contributed by atoms with van der Waals surface area (Å²) in [7, 11) is 4.14. The monoisotopic (exact) mass is 279 g/mol. The van der Waals surface area contributed by atoms with Crippen molar-refractivity contribution in [3.8, 4) is 0 Å². The van der Waals surface area contributed by atoms with Crippen LogP contribution < -0.4 is 11.1 Å². The fourth-order valence-electron chi connectivity index (χ4n) is 2.31. The normalized spacial score (nSPS) is 12.9. The first-order valence-electron chi connectivity index (χ1n) is 6.63. The van der Waals surface area contributed by atoms with Gasteiger partial charge in [0.25, 0.3) is 0 Å². The van der Waals surface area contributed by atoms with Crippen molar-refractivity contribution >= 4 is 5.84 Å². The molecule has 0 aliphatic rings. The van der Waals surface area contributed by atoms with E-state index in [9.17, 15) is 0 Å². The number of nitrogens with zero attached hydrogens (tertiary/aromatic N) is 3. The van der Waals surface area contributed by atoms with Crippen molar-refractivity contribution in [1.29, 1.82) is 0 Å². The minimum atomic E-state index is 0.0370. The van der Waals surface area contributed by atoms with Gasteiger partial charge in [-0.3, -0.25) is 4.98 Å². The largest absolute Gasteiger partial charge is 0.409 e. The lowest BCUT2D eigenvalue weighted by Gasteiger charge is -2.28. The molecule has 6 nitrogen and oxygen atoms in total. The quantitative estimate of drug-likeness (QED) is 0.298. The summed E-state index contributed by atoms with van der Waals surface area (Å²) in [5, 5.41) is 15.2. The summed E-state index contributed by atoms with van der Waals surface area (Å²) < 4.78 is 0. The van der Waals surface area contributed by atoms with Crippen LogP contribution in [0.1, 0.15) is 25.1 Å². The van der Waals surface area contributed by atoms with Gasteiger partial charge in [-0.05, 0) is 31.1 Å². The van der Waals surface area contributed by atoms with E-state index in [1.807, 2.05) is 12.1 Å². The molecule has 0 unspecified atom stereocenters. The molecule has 20 heavy (non-hydrogen) atoms. The van der Waals surface area contributed by atoms with Gasteiger partial charge in [0.05, 0.1) is 0 Å². The molecule has 0 fully saturated rings. The van der Waals surface area contributed by atoms with Crippen molar-refractivity contribution in [2.75, 3.05) is 27.2 Å². The molecule has 0 bridgehead atoms. The Morgan fingerprint density at radius 2 is 2.20 bits per heavy atom. The van der Waals surface area contributed by atoms with Crippen molar-refractivity contribution in [3.05, 3.63) is 29.6 Å². The number of nitrogens with one attached hydrogen (secondary N) is 1. The van der Waals surface area contributed by atoms with Gasteiger partial charge < -0.3 is 21.2 Å². The zero-order chi connectivity index (χ0) is 15.2. The standard InChI is InChI=1S/C14H25N5O/c1-14(2,10-19(3)4)9-16-8-11-6-5-7-17-12(11)13(15)18-20/h5-7,16,20H,8-10H2,1-4H3,(H2,15,18). The van der Waals surface area contributed by atoms with E-state index in [0.29, 0.717) is 12.2 Å². The maximum absolute atomic E-state index is 8.76. The average molecular weight is 279 g/mol. The maximum Gasteiger partial charge on any atom is 0.189 e. The molecule has 6 heteroatoms. The summed E-state index contributed by atoms with van der Waals surface area (Å²) >= 11 is 0. The van der Waals surface area contributed by atoms with Crippen LogP contribution in [0.3, 0.4) is 0 Å². The number of pyridine rings is 1. The Labute approximate surface area is 120 Å². The first-order chi connectivity index (χ1) is 9.35.